The molecule has 3 aromatic carbocycles. The molecule has 0 fully saturated rings. The summed E-state index contributed by atoms with van der Waals surface area (Å²) < 4.78 is 12.4. The van der Waals surface area contributed by atoms with Gasteiger partial charge in [-0.3, -0.25) is 9.69 Å². The van der Waals surface area contributed by atoms with Gasteiger partial charge >= 0.3 is 0 Å². The van der Waals surface area contributed by atoms with Gasteiger partial charge in [0, 0.05) is 45.3 Å². The minimum atomic E-state index is -0.283. The Balaban J connectivity index is 1.49. The lowest BCUT2D eigenvalue weighted by Gasteiger charge is -2.38. The Hall–Kier alpha value is -3.55. The van der Waals surface area contributed by atoms with Crippen LogP contribution in [0.3, 0.4) is 0 Å². The van der Waals surface area contributed by atoms with Crippen molar-refractivity contribution in [3.63, 3.8) is 0 Å². The standard InChI is InChI=1S/C31H39N3O4/c1-22-18-34(23(2)21-35)31(36)28-17-25(32(3)4)13-16-29(28)38-30(22)20-33(5)19-24-11-14-27(15-12-24)37-26-9-7-6-8-10-26/h6-17,22-23,30,35H,18-21H2,1-5H3/t22-,23+,30+/m0/s1. The highest BCUT2D eigenvalue weighted by Crippen LogP contribution is 2.31. The van der Waals surface area contributed by atoms with Crippen molar-refractivity contribution in [3.8, 4) is 17.2 Å². The molecule has 1 aliphatic heterocycles. The van der Waals surface area contributed by atoms with Crippen LogP contribution in [0.15, 0.2) is 72.8 Å². The van der Waals surface area contributed by atoms with Gasteiger partial charge in [-0.25, -0.2) is 0 Å². The van der Waals surface area contributed by atoms with Crippen LogP contribution in [0.2, 0.25) is 0 Å². The van der Waals surface area contributed by atoms with Gasteiger partial charge in [-0.05, 0) is 62.0 Å². The number of carbonyl (C=O) groups excluding carboxylic acids is 1. The van der Waals surface area contributed by atoms with Gasteiger partial charge in [0.15, 0.2) is 0 Å². The van der Waals surface area contributed by atoms with Gasteiger partial charge in [-0.15, -0.1) is 0 Å². The summed E-state index contributed by atoms with van der Waals surface area (Å²) in [6.45, 7) is 5.85. The van der Waals surface area contributed by atoms with E-state index in [9.17, 15) is 9.90 Å². The first kappa shape index (κ1) is 27.5. The van der Waals surface area contributed by atoms with Gasteiger partial charge in [-0.1, -0.05) is 37.3 Å². The molecule has 1 heterocycles. The first-order valence-electron chi connectivity index (χ1n) is 13.2. The van der Waals surface area contributed by atoms with Gasteiger partial charge in [0.2, 0.25) is 0 Å². The van der Waals surface area contributed by atoms with Gasteiger partial charge in [0.25, 0.3) is 5.91 Å². The fraction of sp³-hybridized carbons (Fsp3) is 0.387. The zero-order chi connectivity index (χ0) is 27.2. The highest BCUT2D eigenvalue weighted by Gasteiger charge is 2.33. The Morgan fingerprint density at radius 2 is 1.71 bits per heavy atom. The number of likely N-dealkylation sites (N-methyl/N-ethyl adjacent to an activating group) is 1. The van der Waals surface area contributed by atoms with E-state index < -0.39 is 0 Å². The van der Waals surface area contributed by atoms with Crippen molar-refractivity contribution in [2.75, 3.05) is 45.7 Å². The Bertz CT molecular complexity index is 1200. The monoisotopic (exact) mass is 517 g/mol. The number of carbonyl (C=O) groups is 1. The zero-order valence-electron chi connectivity index (χ0n) is 23.0. The summed E-state index contributed by atoms with van der Waals surface area (Å²) in [6.07, 6.45) is -0.133. The van der Waals surface area contributed by atoms with Crippen LogP contribution in [0.4, 0.5) is 5.69 Å². The highest BCUT2D eigenvalue weighted by molar-refractivity contribution is 5.98. The Kier molecular flexibility index (Phi) is 8.92. The molecule has 0 spiro atoms. The van der Waals surface area contributed by atoms with E-state index in [1.54, 1.807) is 4.90 Å². The molecule has 0 radical (unpaired) electrons. The molecule has 3 aromatic rings. The van der Waals surface area contributed by atoms with Gasteiger partial charge in [0.05, 0.1) is 18.2 Å². The molecule has 0 aromatic heterocycles. The molecule has 38 heavy (non-hydrogen) atoms. The fourth-order valence-electron chi connectivity index (χ4n) is 4.68. The number of aliphatic hydroxyl groups is 1. The van der Waals surface area contributed by atoms with Gasteiger partial charge < -0.3 is 24.4 Å². The van der Waals surface area contributed by atoms with E-state index >= 15 is 0 Å². The SMILES string of the molecule is C[C@H](CO)N1C[C@H](C)[C@@H](CN(C)Cc2ccc(Oc3ccccc3)cc2)Oc2ccc(N(C)C)cc2C1=O. The molecule has 0 bridgehead atoms. The predicted octanol–water partition coefficient (Wildman–Crippen LogP) is 4.90. The number of nitrogens with zero attached hydrogens (tertiary/aromatic N) is 3. The summed E-state index contributed by atoms with van der Waals surface area (Å²) in [5.74, 6) is 2.16. The zero-order valence-corrected chi connectivity index (χ0v) is 23.0. The molecule has 0 saturated carbocycles. The van der Waals surface area contributed by atoms with Gasteiger partial charge in [-0.2, -0.15) is 0 Å². The number of aliphatic hydroxyl groups excluding tert-OH is 1. The number of hydrogen-bond acceptors (Lipinski definition) is 6. The number of rotatable bonds is 9. The van der Waals surface area contributed by atoms with Crippen molar-refractivity contribution in [2.24, 2.45) is 5.92 Å². The van der Waals surface area contributed by atoms with E-state index in [1.165, 1.54) is 5.56 Å². The first-order chi connectivity index (χ1) is 18.2. The summed E-state index contributed by atoms with van der Waals surface area (Å²) in [6, 6.07) is 23.4. The van der Waals surface area contributed by atoms with Gasteiger partial charge in [0.1, 0.15) is 23.4 Å². The molecular weight excluding hydrogens is 478 g/mol. The maximum Gasteiger partial charge on any atom is 0.258 e. The van der Waals surface area contributed by atoms with Crippen LogP contribution in [0, 0.1) is 5.92 Å². The number of amides is 1. The van der Waals surface area contributed by atoms with Crippen molar-refractivity contribution in [1.29, 1.82) is 0 Å². The van der Waals surface area contributed by atoms with Crippen LogP contribution in [0.25, 0.3) is 0 Å². The predicted molar refractivity (Wildman–Crippen MR) is 151 cm³/mol. The van der Waals surface area contributed by atoms with Crippen LogP contribution in [-0.2, 0) is 6.54 Å². The highest BCUT2D eigenvalue weighted by atomic mass is 16.5. The minimum Gasteiger partial charge on any atom is -0.488 e. The summed E-state index contributed by atoms with van der Waals surface area (Å²) >= 11 is 0. The number of para-hydroxylation sites is 1. The topological polar surface area (TPSA) is 65.5 Å². The van der Waals surface area contributed by atoms with Crippen LogP contribution < -0.4 is 14.4 Å². The summed E-state index contributed by atoms with van der Waals surface area (Å²) in [7, 11) is 5.98. The molecule has 1 aliphatic rings. The second-order valence-corrected chi connectivity index (χ2v) is 10.5. The maximum absolute atomic E-state index is 13.5. The first-order valence-corrected chi connectivity index (χ1v) is 13.2. The lowest BCUT2D eigenvalue weighted by Crippen LogP contribution is -2.49. The van der Waals surface area contributed by atoms with Crippen LogP contribution in [0.1, 0.15) is 29.8 Å². The number of ether oxygens (including phenoxy) is 2. The molecule has 0 aliphatic carbocycles. The number of anilines is 1. The second kappa shape index (κ2) is 12.3. The molecular formula is C31H39N3O4. The van der Waals surface area contributed by atoms with Crippen LogP contribution in [-0.4, -0.2) is 73.8 Å². The molecule has 1 N–H and O–H groups in total. The van der Waals surface area contributed by atoms with E-state index in [-0.39, 0.29) is 30.6 Å². The van der Waals surface area contributed by atoms with Crippen molar-refractivity contribution in [1.82, 2.24) is 9.80 Å². The van der Waals surface area contributed by atoms with E-state index in [0.29, 0.717) is 24.4 Å². The average molecular weight is 518 g/mol. The molecule has 3 atom stereocenters. The van der Waals surface area contributed by atoms with E-state index in [1.807, 2.05) is 86.6 Å². The maximum atomic E-state index is 13.5. The van der Waals surface area contributed by atoms with Crippen molar-refractivity contribution in [2.45, 2.75) is 32.5 Å². The lowest BCUT2D eigenvalue weighted by atomic mass is 9.99. The molecule has 7 nitrogen and oxygen atoms in total. The van der Waals surface area contributed by atoms with Crippen molar-refractivity contribution in [3.05, 3.63) is 83.9 Å². The third-order valence-electron chi connectivity index (χ3n) is 7.01. The summed E-state index contributed by atoms with van der Waals surface area (Å²) in [5.41, 5.74) is 2.64. The Morgan fingerprint density at radius 1 is 1.03 bits per heavy atom. The Morgan fingerprint density at radius 3 is 2.37 bits per heavy atom. The number of hydrogen-bond donors (Lipinski definition) is 1. The summed E-state index contributed by atoms with van der Waals surface area (Å²) in [5, 5.41) is 9.87. The summed E-state index contributed by atoms with van der Waals surface area (Å²) in [4.78, 5) is 19.5. The average Bonchev–Trinajstić information content (AvgIpc) is 2.91. The normalized spacial score (nSPS) is 18.3. The van der Waals surface area contributed by atoms with E-state index in [2.05, 4.69) is 31.0 Å². The molecule has 0 unspecified atom stereocenters. The molecule has 1 amide bonds. The molecule has 4 rings (SSSR count). The lowest BCUT2D eigenvalue weighted by molar-refractivity contribution is 0.0341. The largest absolute Gasteiger partial charge is 0.488 e. The smallest absolute Gasteiger partial charge is 0.258 e. The Labute approximate surface area is 226 Å². The minimum absolute atomic E-state index is 0.0683. The molecule has 202 valence electrons. The van der Waals surface area contributed by atoms with Crippen molar-refractivity contribution < 1.29 is 19.4 Å². The quantitative estimate of drug-likeness (QED) is 0.436. The molecule has 0 saturated heterocycles. The number of fused-ring (bicyclic) bond motifs is 1. The molecule has 7 heteroatoms. The van der Waals surface area contributed by atoms with Crippen LogP contribution in [0.5, 0.6) is 17.2 Å². The van der Waals surface area contributed by atoms with E-state index in [0.717, 1.165) is 23.7 Å². The van der Waals surface area contributed by atoms with Crippen molar-refractivity contribution >= 4 is 11.6 Å². The number of benzene rings is 3. The third-order valence-corrected chi connectivity index (χ3v) is 7.01. The van der Waals surface area contributed by atoms with E-state index in [4.69, 9.17) is 9.47 Å². The fourth-order valence-corrected chi connectivity index (χ4v) is 4.68. The van der Waals surface area contributed by atoms with Crippen LogP contribution >= 0.6 is 0 Å². The third kappa shape index (κ3) is 6.65. The second-order valence-electron chi connectivity index (χ2n) is 10.5.